The summed E-state index contributed by atoms with van der Waals surface area (Å²) >= 11 is 1.70. The number of nitrogen functional groups attached to an aromatic ring is 1. The van der Waals surface area contributed by atoms with Crippen LogP contribution >= 0.6 is 11.8 Å². The van der Waals surface area contributed by atoms with Gasteiger partial charge >= 0.3 is 0 Å². The molecule has 0 fully saturated rings. The molecule has 3 nitrogen and oxygen atoms in total. The second-order valence-electron chi connectivity index (χ2n) is 2.90. The highest BCUT2D eigenvalue weighted by Gasteiger charge is 1.94. The Hall–Kier alpha value is -1.16. The maximum Gasteiger partial charge on any atom is 0.216 e. The van der Waals surface area contributed by atoms with E-state index in [-0.39, 0.29) is 5.91 Å². The van der Waals surface area contributed by atoms with E-state index in [1.807, 2.05) is 24.3 Å². The molecule has 4 heteroatoms. The monoisotopic (exact) mass is 210 g/mol. The van der Waals surface area contributed by atoms with Crippen molar-refractivity contribution in [3.8, 4) is 0 Å². The lowest BCUT2D eigenvalue weighted by molar-refractivity contribution is -0.118. The van der Waals surface area contributed by atoms with Crippen LogP contribution in [-0.2, 0) is 4.79 Å². The van der Waals surface area contributed by atoms with Crippen LogP contribution in [0.2, 0.25) is 0 Å². The maximum absolute atomic E-state index is 10.6. The molecule has 1 amide bonds. The van der Waals surface area contributed by atoms with Crippen molar-refractivity contribution >= 4 is 23.4 Å². The van der Waals surface area contributed by atoms with E-state index in [1.54, 1.807) is 11.8 Å². The molecule has 0 saturated heterocycles. The van der Waals surface area contributed by atoms with E-state index in [2.05, 4.69) is 5.32 Å². The van der Waals surface area contributed by atoms with E-state index >= 15 is 0 Å². The third-order valence-electron chi connectivity index (χ3n) is 1.62. The largest absolute Gasteiger partial charge is 0.399 e. The van der Waals surface area contributed by atoms with E-state index < -0.39 is 0 Å². The van der Waals surface area contributed by atoms with E-state index in [0.717, 1.165) is 11.4 Å². The minimum absolute atomic E-state index is 0.0166. The van der Waals surface area contributed by atoms with E-state index in [0.29, 0.717) is 6.54 Å². The Bertz CT molecular complexity index is 297. The number of carbonyl (C=O) groups excluding carboxylic acids is 1. The van der Waals surface area contributed by atoms with Crippen molar-refractivity contribution in [2.45, 2.75) is 11.8 Å². The number of hydrogen-bond acceptors (Lipinski definition) is 3. The molecule has 0 aliphatic carbocycles. The molecule has 1 rings (SSSR count). The second-order valence-corrected chi connectivity index (χ2v) is 4.07. The highest BCUT2D eigenvalue weighted by molar-refractivity contribution is 7.99. The molecule has 1 aromatic rings. The Morgan fingerprint density at radius 3 is 2.64 bits per heavy atom. The lowest BCUT2D eigenvalue weighted by Gasteiger charge is -2.02. The van der Waals surface area contributed by atoms with Crippen molar-refractivity contribution in [1.82, 2.24) is 5.32 Å². The maximum atomic E-state index is 10.6. The minimum Gasteiger partial charge on any atom is -0.399 e. The summed E-state index contributed by atoms with van der Waals surface area (Å²) in [6.45, 7) is 2.22. The number of amides is 1. The van der Waals surface area contributed by atoms with Crippen molar-refractivity contribution in [2.75, 3.05) is 18.0 Å². The predicted octanol–water partition coefficient (Wildman–Crippen LogP) is 1.50. The molecule has 14 heavy (non-hydrogen) atoms. The zero-order valence-electron chi connectivity index (χ0n) is 8.12. The van der Waals surface area contributed by atoms with E-state index in [1.165, 1.54) is 11.8 Å². The van der Waals surface area contributed by atoms with Gasteiger partial charge in [-0.3, -0.25) is 4.79 Å². The number of nitrogens with two attached hydrogens (primary N) is 1. The zero-order chi connectivity index (χ0) is 10.4. The molecule has 3 N–H and O–H groups in total. The normalized spacial score (nSPS) is 9.79. The Labute approximate surface area is 88.1 Å². The number of carbonyl (C=O) groups is 1. The lowest BCUT2D eigenvalue weighted by Crippen LogP contribution is -2.22. The molecule has 0 saturated carbocycles. The van der Waals surface area contributed by atoms with Gasteiger partial charge in [0.2, 0.25) is 5.91 Å². The van der Waals surface area contributed by atoms with Crippen LogP contribution in [0.5, 0.6) is 0 Å². The van der Waals surface area contributed by atoms with Crippen molar-refractivity contribution in [3.05, 3.63) is 24.3 Å². The van der Waals surface area contributed by atoms with Crippen LogP contribution in [0.1, 0.15) is 6.92 Å². The SMILES string of the molecule is CC(=O)NCCSc1ccc(N)cc1. The fourth-order valence-corrected chi connectivity index (χ4v) is 1.73. The summed E-state index contributed by atoms with van der Waals surface area (Å²) in [4.78, 5) is 11.7. The molecule has 0 aliphatic heterocycles. The smallest absolute Gasteiger partial charge is 0.216 e. The summed E-state index contributed by atoms with van der Waals surface area (Å²) in [5.74, 6) is 0.895. The van der Waals surface area contributed by atoms with Crippen molar-refractivity contribution < 1.29 is 4.79 Å². The molecule has 0 spiro atoms. The standard InChI is InChI=1S/C10H14N2OS/c1-8(13)12-6-7-14-10-4-2-9(11)3-5-10/h2-5H,6-7,11H2,1H3,(H,12,13). The van der Waals surface area contributed by atoms with Gasteiger partial charge in [0.1, 0.15) is 0 Å². The second kappa shape index (κ2) is 5.54. The average Bonchev–Trinajstić information content (AvgIpc) is 2.15. The van der Waals surface area contributed by atoms with Crippen LogP contribution < -0.4 is 11.1 Å². The number of anilines is 1. The van der Waals surface area contributed by atoms with Crippen LogP contribution in [0.4, 0.5) is 5.69 Å². The van der Waals surface area contributed by atoms with Gasteiger partial charge in [0.05, 0.1) is 0 Å². The molecule has 0 unspecified atom stereocenters. The summed E-state index contributed by atoms with van der Waals surface area (Å²) in [6, 6.07) is 7.71. The van der Waals surface area contributed by atoms with Gasteiger partial charge in [-0.05, 0) is 24.3 Å². The molecule has 0 heterocycles. The fourth-order valence-electron chi connectivity index (χ4n) is 0.960. The van der Waals surface area contributed by atoms with Gasteiger partial charge in [0.25, 0.3) is 0 Å². The Kier molecular flexibility index (Phi) is 4.32. The van der Waals surface area contributed by atoms with Crippen molar-refractivity contribution in [3.63, 3.8) is 0 Å². The van der Waals surface area contributed by atoms with Crippen molar-refractivity contribution in [1.29, 1.82) is 0 Å². The summed E-state index contributed by atoms with van der Waals surface area (Å²) < 4.78 is 0. The first-order valence-electron chi connectivity index (χ1n) is 4.41. The van der Waals surface area contributed by atoms with E-state index in [9.17, 15) is 4.79 Å². The number of hydrogen-bond donors (Lipinski definition) is 2. The van der Waals surface area contributed by atoms with Gasteiger partial charge in [-0.1, -0.05) is 0 Å². The molecule has 0 aromatic heterocycles. The number of rotatable bonds is 4. The number of nitrogens with one attached hydrogen (secondary N) is 1. The van der Waals surface area contributed by atoms with Gasteiger partial charge in [0, 0.05) is 29.8 Å². The van der Waals surface area contributed by atoms with Crippen LogP contribution in [-0.4, -0.2) is 18.2 Å². The quantitative estimate of drug-likeness (QED) is 0.450. The van der Waals surface area contributed by atoms with Gasteiger partial charge in [-0.15, -0.1) is 11.8 Å². The molecule has 0 bridgehead atoms. The van der Waals surface area contributed by atoms with Crippen LogP contribution in [0.25, 0.3) is 0 Å². The Balaban J connectivity index is 2.25. The topological polar surface area (TPSA) is 55.1 Å². The molecular weight excluding hydrogens is 196 g/mol. The highest BCUT2D eigenvalue weighted by atomic mass is 32.2. The Morgan fingerprint density at radius 2 is 2.07 bits per heavy atom. The highest BCUT2D eigenvalue weighted by Crippen LogP contribution is 2.18. The van der Waals surface area contributed by atoms with Gasteiger partial charge < -0.3 is 11.1 Å². The molecule has 0 radical (unpaired) electrons. The molecule has 1 aromatic carbocycles. The third kappa shape index (κ3) is 4.18. The van der Waals surface area contributed by atoms with Crippen molar-refractivity contribution in [2.24, 2.45) is 0 Å². The first-order valence-corrected chi connectivity index (χ1v) is 5.40. The first-order chi connectivity index (χ1) is 6.68. The summed E-state index contributed by atoms with van der Waals surface area (Å²) in [6.07, 6.45) is 0. The predicted molar refractivity (Wildman–Crippen MR) is 60.3 cm³/mol. The minimum atomic E-state index is 0.0166. The third-order valence-corrected chi connectivity index (χ3v) is 2.64. The summed E-state index contributed by atoms with van der Waals surface area (Å²) in [7, 11) is 0. The molecular formula is C10H14N2OS. The van der Waals surface area contributed by atoms with Gasteiger partial charge in [-0.2, -0.15) is 0 Å². The molecule has 0 aliphatic rings. The molecule has 76 valence electrons. The zero-order valence-corrected chi connectivity index (χ0v) is 8.93. The van der Waals surface area contributed by atoms with Crippen LogP contribution in [0.3, 0.4) is 0 Å². The summed E-state index contributed by atoms with van der Waals surface area (Å²) in [5.41, 5.74) is 6.33. The van der Waals surface area contributed by atoms with Crippen LogP contribution in [0, 0.1) is 0 Å². The number of thioether (sulfide) groups is 1. The lowest BCUT2D eigenvalue weighted by atomic mass is 10.3. The first kappa shape index (κ1) is 10.9. The molecule has 0 atom stereocenters. The Morgan fingerprint density at radius 1 is 1.43 bits per heavy atom. The average molecular weight is 210 g/mol. The number of benzene rings is 1. The fraction of sp³-hybridized carbons (Fsp3) is 0.300. The van der Waals surface area contributed by atoms with Gasteiger partial charge in [-0.25, -0.2) is 0 Å². The summed E-state index contributed by atoms with van der Waals surface area (Å²) in [5, 5.41) is 2.74. The van der Waals surface area contributed by atoms with Crippen LogP contribution in [0.15, 0.2) is 29.2 Å². The van der Waals surface area contributed by atoms with E-state index in [4.69, 9.17) is 5.73 Å². The van der Waals surface area contributed by atoms with Gasteiger partial charge in [0.15, 0.2) is 0 Å².